The van der Waals surface area contributed by atoms with Gasteiger partial charge in [-0.05, 0) is 18.9 Å². The van der Waals surface area contributed by atoms with Crippen LogP contribution in [-0.4, -0.2) is 65.4 Å². The maximum absolute atomic E-state index is 9.55. The van der Waals surface area contributed by atoms with Crippen LogP contribution in [0.3, 0.4) is 0 Å². The molecule has 1 aromatic carbocycles. The Balaban J connectivity index is 0.000000242. The number of carboxylic acids is 2. The van der Waals surface area contributed by atoms with Gasteiger partial charge in [-0.3, -0.25) is 0 Å². The highest BCUT2D eigenvalue weighted by atomic mass is 16.5. The van der Waals surface area contributed by atoms with E-state index in [1.54, 1.807) is 0 Å². The van der Waals surface area contributed by atoms with E-state index in [-0.39, 0.29) is 0 Å². The summed E-state index contributed by atoms with van der Waals surface area (Å²) in [5.41, 5.74) is 2.04. The second-order valence-corrected chi connectivity index (χ2v) is 7.07. The van der Waals surface area contributed by atoms with Crippen molar-refractivity contribution in [1.29, 1.82) is 0 Å². The third kappa shape index (κ3) is 4.98. The first-order chi connectivity index (χ1) is 13.4. The minimum Gasteiger partial charge on any atom is -0.478 e. The van der Waals surface area contributed by atoms with E-state index in [0.717, 1.165) is 42.1 Å². The van der Waals surface area contributed by atoms with Crippen LogP contribution in [-0.2, 0) is 9.59 Å². The molecule has 0 saturated carbocycles. The highest BCUT2D eigenvalue weighted by Gasteiger charge is 2.39. The Labute approximate surface area is 162 Å². The van der Waals surface area contributed by atoms with Gasteiger partial charge in [0.15, 0.2) is 0 Å². The molecule has 8 heteroatoms. The molecule has 2 saturated heterocycles. The fourth-order valence-corrected chi connectivity index (χ4v) is 3.71. The van der Waals surface area contributed by atoms with E-state index >= 15 is 0 Å². The van der Waals surface area contributed by atoms with Crippen LogP contribution < -0.4 is 4.90 Å². The predicted molar refractivity (Wildman–Crippen MR) is 103 cm³/mol. The molecule has 2 N–H and O–H groups in total. The number of benzene rings is 1. The molecule has 8 nitrogen and oxygen atoms in total. The van der Waals surface area contributed by atoms with Crippen LogP contribution in [0.1, 0.15) is 0 Å². The smallest absolute Gasteiger partial charge is 0.328 e. The number of hydrogen-bond acceptors (Lipinski definition) is 6. The summed E-state index contributed by atoms with van der Waals surface area (Å²) in [6.45, 7) is 4.61. The van der Waals surface area contributed by atoms with Gasteiger partial charge in [0.1, 0.15) is 5.69 Å². The van der Waals surface area contributed by atoms with E-state index in [0.29, 0.717) is 12.2 Å². The first kappa shape index (κ1) is 19.6. The van der Waals surface area contributed by atoms with Gasteiger partial charge in [0.05, 0.1) is 0 Å². The van der Waals surface area contributed by atoms with Gasteiger partial charge in [0.25, 0.3) is 0 Å². The van der Waals surface area contributed by atoms with Crippen LogP contribution in [0.25, 0.3) is 11.3 Å². The van der Waals surface area contributed by atoms with E-state index < -0.39 is 11.9 Å². The standard InChI is InChI=1S/C16H19N3O.C4H4O4/c1-18-8-13-10-19(11-14(13)9-18)16-7-15(17-20-16)12-5-3-2-4-6-12;5-3(6)1-2-4(7)8/h2-7,13-14H,8-11H2,1H3;1-2H,(H,5,6)(H,7,8)/b;2-1+. The lowest BCUT2D eigenvalue weighted by molar-refractivity contribution is -0.134. The van der Waals surface area contributed by atoms with Gasteiger partial charge in [-0.25, -0.2) is 9.59 Å². The molecule has 2 fully saturated rings. The zero-order valence-electron chi connectivity index (χ0n) is 15.6. The monoisotopic (exact) mass is 385 g/mol. The number of carbonyl (C=O) groups is 2. The molecular weight excluding hydrogens is 362 g/mol. The Morgan fingerprint density at radius 1 is 1.04 bits per heavy atom. The molecule has 1 aromatic heterocycles. The van der Waals surface area contributed by atoms with Crippen LogP contribution in [0.4, 0.5) is 5.88 Å². The van der Waals surface area contributed by atoms with E-state index in [1.807, 2.05) is 18.2 Å². The third-order valence-electron chi connectivity index (χ3n) is 4.92. The number of anilines is 1. The molecule has 4 rings (SSSR count). The van der Waals surface area contributed by atoms with Gasteiger partial charge in [-0.2, -0.15) is 0 Å². The van der Waals surface area contributed by atoms with Crippen molar-refractivity contribution in [2.24, 2.45) is 11.8 Å². The van der Waals surface area contributed by atoms with Gasteiger partial charge < -0.3 is 24.5 Å². The number of aliphatic carboxylic acids is 2. The molecule has 3 heterocycles. The molecule has 0 bridgehead atoms. The van der Waals surface area contributed by atoms with Gasteiger partial charge in [0.2, 0.25) is 5.88 Å². The second-order valence-electron chi connectivity index (χ2n) is 7.07. The predicted octanol–water partition coefficient (Wildman–Crippen LogP) is 2.05. The normalized spacial score (nSPS) is 21.4. The number of likely N-dealkylation sites (tertiary alicyclic amines) is 1. The Bertz CT molecular complexity index is 819. The number of nitrogens with zero attached hydrogens (tertiary/aromatic N) is 3. The molecule has 28 heavy (non-hydrogen) atoms. The van der Waals surface area contributed by atoms with Gasteiger partial charge >= 0.3 is 11.9 Å². The minimum absolute atomic E-state index is 0.558. The van der Waals surface area contributed by atoms with Crippen molar-refractivity contribution < 1.29 is 24.3 Å². The number of fused-ring (bicyclic) bond motifs is 1. The molecule has 2 atom stereocenters. The van der Waals surface area contributed by atoms with E-state index in [1.165, 1.54) is 13.1 Å². The van der Waals surface area contributed by atoms with E-state index in [4.69, 9.17) is 14.7 Å². The number of carboxylic acid groups (broad SMARTS) is 2. The summed E-state index contributed by atoms with van der Waals surface area (Å²) in [4.78, 5) is 23.9. The largest absolute Gasteiger partial charge is 0.478 e. The molecule has 2 aromatic rings. The zero-order valence-corrected chi connectivity index (χ0v) is 15.6. The van der Waals surface area contributed by atoms with E-state index in [9.17, 15) is 9.59 Å². The summed E-state index contributed by atoms with van der Waals surface area (Å²) in [7, 11) is 2.21. The lowest BCUT2D eigenvalue weighted by atomic mass is 10.0. The summed E-state index contributed by atoms with van der Waals surface area (Å²) in [6, 6.07) is 12.3. The first-order valence-electron chi connectivity index (χ1n) is 9.02. The van der Waals surface area contributed by atoms with Crippen molar-refractivity contribution >= 4 is 17.8 Å². The van der Waals surface area contributed by atoms with Crippen LogP contribution in [0.2, 0.25) is 0 Å². The van der Waals surface area contributed by atoms with Gasteiger partial charge in [-0.1, -0.05) is 35.5 Å². The van der Waals surface area contributed by atoms with Crippen molar-refractivity contribution in [3.05, 3.63) is 48.6 Å². The number of hydrogen-bond donors (Lipinski definition) is 2. The Kier molecular flexibility index (Phi) is 6.10. The Morgan fingerprint density at radius 3 is 2.14 bits per heavy atom. The van der Waals surface area contributed by atoms with Crippen LogP contribution in [0, 0.1) is 11.8 Å². The van der Waals surface area contributed by atoms with Crippen LogP contribution in [0.15, 0.2) is 53.1 Å². The second kappa shape index (κ2) is 8.71. The lowest BCUT2D eigenvalue weighted by Gasteiger charge is -2.17. The number of rotatable bonds is 4. The summed E-state index contributed by atoms with van der Waals surface area (Å²) < 4.78 is 5.56. The summed E-state index contributed by atoms with van der Waals surface area (Å²) in [5.74, 6) is -0.0312. The fraction of sp³-hybridized carbons (Fsp3) is 0.350. The van der Waals surface area contributed by atoms with Gasteiger partial charge in [-0.15, -0.1) is 0 Å². The van der Waals surface area contributed by atoms with Crippen molar-refractivity contribution in [3.8, 4) is 11.3 Å². The lowest BCUT2D eigenvalue weighted by Crippen LogP contribution is -2.26. The maximum atomic E-state index is 9.55. The van der Waals surface area contributed by atoms with Crippen molar-refractivity contribution in [2.75, 3.05) is 38.1 Å². The fourth-order valence-electron chi connectivity index (χ4n) is 3.71. The summed E-state index contributed by atoms with van der Waals surface area (Å²) in [6.07, 6.45) is 1.12. The molecule has 0 amide bonds. The molecule has 0 spiro atoms. The molecule has 2 aliphatic rings. The van der Waals surface area contributed by atoms with Crippen molar-refractivity contribution in [3.63, 3.8) is 0 Å². The highest BCUT2D eigenvalue weighted by Crippen LogP contribution is 2.34. The topological polar surface area (TPSA) is 107 Å². The SMILES string of the molecule is CN1CC2CN(c3cc(-c4ccccc4)no3)CC2C1.O=C(O)/C=C/C(=O)O. The van der Waals surface area contributed by atoms with Crippen molar-refractivity contribution in [2.45, 2.75) is 0 Å². The van der Waals surface area contributed by atoms with Gasteiger partial charge in [0, 0.05) is 50.0 Å². The summed E-state index contributed by atoms with van der Waals surface area (Å²) >= 11 is 0. The Hall–Kier alpha value is -3.13. The highest BCUT2D eigenvalue weighted by molar-refractivity contribution is 5.89. The number of aromatic nitrogens is 1. The average Bonchev–Trinajstić information content (AvgIpc) is 3.35. The first-order valence-corrected chi connectivity index (χ1v) is 9.02. The molecule has 0 aliphatic carbocycles. The molecule has 2 aliphatic heterocycles. The van der Waals surface area contributed by atoms with Crippen molar-refractivity contribution in [1.82, 2.24) is 10.1 Å². The minimum atomic E-state index is -1.26. The average molecular weight is 385 g/mol. The molecular formula is C20H23N3O5. The Morgan fingerprint density at radius 2 is 1.61 bits per heavy atom. The zero-order chi connectivity index (χ0) is 20.1. The molecule has 0 radical (unpaired) electrons. The molecule has 148 valence electrons. The summed E-state index contributed by atoms with van der Waals surface area (Å²) in [5, 5.41) is 19.8. The van der Waals surface area contributed by atoms with E-state index in [2.05, 4.69) is 40.2 Å². The third-order valence-corrected chi connectivity index (χ3v) is 4.92. The quantitative estimate of drug-likeness (QED) is 0.770. The maximum Gasteiger partial charge on any atom is 0.328 e. The van der Waals surface area contributed by atoms with Crippen LogP contribution >= 0.6 is 0 Å². The van der Waals surface area contributed by atoms with Crippen LogP contribution in [0.5, 0.6) is 0 Å². The molecule has 2 unspecified atom stereocenters.